The molecule has 1 aromatic heterocycles. The molecule has 7 heteroatoms. The van der Waals surface area contributed by atoms with Gasteiger partial charge in [-0.2, -0.15) is 5.10 Å². The molecule has 0 radical (unpaired) electrons. The van der Waals surface area contributed by atoms with Crippen molar-refractivity contribution in [2.24, 2.45) is 5.92 Å². The van der Waals surface area contributed by atoms with Crippen LogP contribution in [0, 0.1) is 5.92 Å². The molecule has 1 amide bonds. The van der Waals surface area contributed by atoms with E-state index < -0.39 is 0 Å². The van der Waals surface area contributed by atoms with Gasteiger partial charge >= 0.3 is 0 Å². The summed E-state index contributed by atoms with van der Waals surface area (Å²) in [5.41, 5.74) is 1.75. The van der Waals surface area contributed by atoms with Gasteiger partial charge < -0.3 is 14.4 Å². The highest BCUT2D eigenvalue weighted by molar-refractivity contribution is 5.95. The maximum absolute atomic E-state index is 13.0. The van der Waals surface area contributed by atoms with E-state index in [-0.39, 0.29) is 5.91 Å². The number of ether oxygens (including phenoxy) is 2. The second kappa shape index (κ2) is 7.85. The van der Waals surface area contributed by atoms with Crippen LogP contribution in [0.4, 0.5) is 0 Å². The quantitative estimate of drug-likeness (QED) is 0.882. The Bertz CT molecular complexity index is 571. The first-order valence-electron chi connectivity index (χ1n) is 9.51. The predicted octanol–water partition coefficient (Wildman–Crippen LogP) is 1.10. The van der Waals surface area contributed by atoms with E-state index in [1.54, 1.807) is 6.20 Å². The fourth-order valence-corrected chi connectivity index (χ4v) is 4.16. The monoisotopic (exact) mass is 348 g/mol. The molecule has 4 rings (SSSR count). The first-order chi connectivity index (χ1) is 12.3. The molecule has 25 heavy (non-hydrogen) atoms. The predicted molar refractivity (Wildman–Crippen MR) is 92.7 cm³/mol. The molecule has 0 bridgehead atoms. The summed E-state index contributed by atoms with van der Waals surface area (Å²) in [4.78, 5) is 17.4. The van der Waals surface area contributed by atoms with Crippen molar-refractivity contribution in [3.63, 3.8) is 0 Å². The Morgan fingerprint density at radius 1 is 1.12 bits per heavy atom. The van der Waals surface area contributed by atoms with E-state index >= 15 is 0 Å². The molecule has 3 aliphatic heterocycles. The number of hydrogen-bond donors (Lipinski definition) is 1. The average molecular weight is 348 g/mol. The first-order valence-corrected chi connectivity index (χ1v) is 9.51. The third-order valence-electron chi connectivity index (χ3n) is 5.73. The molecule has 1 unspecified atom stereocenters. The van der Waals surface area contributed by atoms with Crippen LogP contribution < -0.4 is 0 Å². The zero-order chi connectivity index (χ0) is 17.1. The van der Waals surface area contributed by atoms with Crippen LogP contribution in [0.1, 0.15) is 41.2 Å². The van der Waals surface area contributed by atoms with E-state index in [1.165, 1.54) is 6.42 Å². The largest absolute Gasteiger partial charge is 0.381 e. The van der Waals surface area contributed by atoms with Crippen molar-refractivity contribution in [3.8, 4) is 0 Å². The van der Waals surface area contributed by atoms with Gasteiger partial charge in [0.05, 0.1) is 24.1 Å². The topological polar surface area (TPSA) is 70.7 Å². The van der Waals surface area contributed by atoms with Crippen LogP contribution in [-0.2, 0) is 9.47 Å². The number of carbonyl (C=O) groups is 1. The number of rotatable bonds is 4. The standard InChI is InChI=1S/C18H28N4O3/c23-18(16-11-19-20-17(16)15-2-9-24-10-3-15)22-6-4-21(5-7-22)12-14-1-8-25-13-14/h11,14-15H,1-10,12-13H2,(H,19,20). The van der Waals surface area contributed by atoms with Gasteiger partial charge in [0.15, 0.2) is 0 Å². The van der Waals surface area contributed by atoms with Crippen LogP contribution in [0.3, 0.4) is 0 Å². The molecular formula is C18H28N4O3. The summed E-state index contributed by atoms with van der Waals surface area (Å²) in [6.45, 7) is 7.92. The SMILES string of the molecule is O=C(c1cn[nH]c1C1CCOCC1)N1CCN(CC2CCOC2)CC1. The molecule has 4 heterocycles. The van der Waals surface area contributed by atoms with Crippen molar-refractivity contribution in [1.82, 2.24) is 20.0 Å². The van der Waals surface area contributed by atoms with E-state index in [1.807, 2.05) is 4.90 Å². The number of piperazine rings is 1. The minimum absolute atomic E-state index is 0.124. The zero-order valence-electron chi connectivity index (χ0n) is 14.8. The number of nitrogens with one attached hydrogen (secondary N) is 1. The van der Waals surface area contributed by atoms with E-state index in [2.05, 4.69) is 15.1 Å². The normalized spacial score (nSPS) is 26.2. The number of nitrogens with zero attached hydrogens (tertiary/aromatic N) is 3. The molecule has 0 aliphatic carbocycles. The molecule has 3 saturated heterocycles. The molecule has 7 nitrogen and oxygen atoms in total. The molecule has 1 N–H and O–H groups in total. The van der Waals surface area contributed by atoms with Crippen LogP contribution in [-0.4, -0.2) is 85.1 Å². The fourth-order valence-electron chi connectivity index (χ4n) is 4.16. The molecule has 0 aromatic carbocycles. The molecule has 3 aliphatic rings. The summed E-state index contributed by atoms with van der Waals surface area (Å²) in [5, 5.41) is 7.23. The van der Waals surface area contributed by atoms with E-state index in [0.29, 0.717) is 11.8 Å². The van der Waals surface area contributed by atoms with Gasteiger partial charge in [-0.1, -0.05) is 0 Å². The van der Waals surface area contributed by atoms with Gasteiger partial charge in [-0.15, -0.1) is 0 Å². The van der Waals surface area contributed by atoms with Crippen molar-refractivity contribution in [3.05, 3.63) is 17.5 Å². The summed E-state index contributed by atoms with van der Waals surface area (Å²) in [5.74, 6) is 1.15. The number of carbonyl (C=O) groups excluding carboxylic acids is 1. The average Bonchev–Trinajstić information content (AvgIpc) is 3.34. The van der Waals surface area contributed by atoms with Crippen molar-refractivity contribution in [2.45, 2.75) is 25.2 Å². The minimum Gasteiger partial charge on any atom is -0.381 e. The summed E-state index contributed by atoms with van der Waals surface area (Å²) < 4.78 is 10.9. The summed E-state index contributed by atoms with van der Waals surface area (Å²) >= 11 is 0. The van der Waals surface area contributed by atoms with Gasteiger partial charge in [0.25, 0.3) is 5.91 Å². The van der Waals surface area contributed by atoms with Crippen LogP contribution in [0.5, 0.6) is 0 Å². The van der Waals surface area contributed by atoms with Crippen LogP contribution in [0.15, 0.2) is 6.20 Å². The maximum atomic E-state index is 13.0. The molecule has 3 fully saturated rings. The molecule has 1 aromatic rings. The summed E-state index contributed by atoms with van der Waals surface area (Å²) in [7, 11) is 0. The highest BCUT2D eigenvalue weighted by Crippen LogP contribution is 2.28. The molecule has 1 atom stereocenters. The highest BCUT2D eigenvalue weighted by atomic mass is 16.5. The van der Waals surface area contributed by atoms with E-state index in [9.17, 15) is 4.79 Å². The second-order valence-electron chi connectivity index (χ2n) is 7.41. The molecule has 0 saturated carbocycles. The number of aromatic amines is 1. The minimum atomic E-state index is 0.124. The van der Waals surface area contributed by atoms with Gasteiger partial charge in [-0.25, -0.2) is 0 Å². The molecule has 0 spiro atoms. The van der Waals surface area contributed by atoms with Crippen molar-refractivity contribution in [1.29, 1.82) is 0 Å². The second-order valence-corrected chi connectivity index (χ2v) is 7.41. The van der Waals surface area contributed by atoms with Gasteiger partial charge in [-0.05, 0) is 25.2 Å². The van der Waals surface area contributed by atoms with Crippen LogP contribution >= 0.6 is 0 Å². The molecule has 138 valence electrons. The Hall–Kier alpha value is -1.44. The third kappa shape index (κ3) is 3.88. The Morgan fingerprint density at radius 2 is 1.88 bits per heavy atom. The lowest BCUT2D eigenvalue weighted by molar-refractivity contribution is 0.0604. The zero-order valence-corrected chi connectivity index (χ0v) is 14.8. The lowest BCUT2D eigenvalue weighted by Crippen LogP contribution is -2.50. The lowest BCUT2D eigenvalue weighted by atomic mass is 9.93. The van der Waals surface area contributed by atoms with Crippen molar-refractivity contribution < 1.29 is 14.3 Å². The van der Waals surface area contributed by atoms with Gasteiger partial charge in [0.1, 0.15) is 0 Å². The smallest absolute Gasteiger partial charge is 0.257 e. The lowest BCUT2D eigenvalue weighted by Gasteiger charge is -2.36. The number of H-pyrrole nitrogens is 1. The van der Waals surface area contributed by atoms with Crippen LogP contribution in [0.2, 0.25) is 0 Å². The van der Waals surface area contributed by atoms with Gasteiger partial charge in [0, 0.05) is 58.5 Å². The third-order valence-corrected chi connectivity index (χ3v) is 5.73. The van der Waals surface area contributed by atoms with Crippen molar-refractivity contribution >= 4 is 5.91 Å². The van der Waals surface area contributed by atoms with E-state index in [4.69, 9.17) is 9.47 Å². The highest BCUT2D eigenvalue weighted by Gasteiger charge is 2.29. The summed E-state index contributed by atoms with van der Waals surface area (Å²) in [6.07, 6.45) is 4.79. The number of aromatic nitrogens is 2. The Balaban J connectivity index is 1.34. The summed E-state index contributed by atoms with van der Waals surface area (Å²) in [6, 6.07) is 0. The first kappa shape index (κ1) is 17.0. The Labute approximate surface area is 148 Å². The number of amides is 1. The maximum Gasteiger partial charge on any atom is 0.257 e. The molecular weight excluding hydrogens is 320 g/mol. The Kier molecular flexibility index (Phi) is 5.33. The van der Waals surface area contributed by atoms with Crippen LogP contribution in [0.25, 0.3) is 0 Å². The fraction of sp³-hybridized carbons (Fsp3) is 0.778. The Morgan fingerprint density at radius 3 is 2.60 bits per heavy atom. The number of hydrogen-bond acceptors (Lipinski definition) is 5. The van der Waals surface area contributed by atoms with E-state index in [0.717, 1.165) is 83.3 Å². The van der Waals surface area contributed by atoms with Gasteiger partial charge in [0.2, 0.25) is 0 Å². The van der Waals surface area contributed by atoms with Gasteiger partial charge in [-0.3, -0.25) is 14.8 Å². The van der Waals surface area contributed by atoms with Crippen molar-refractivity contribution in [2.75, 3.05) is 59.2 Å².